The molecule has 5 rings (SSSR count). The SMILES string of the molecule is Cn1c(CN2CCN(C(=O)c3ccc(S(=O)(=O)N4CCCCC4)cc3)CC2)nc2ccccc21. The third-order valence-corrected chi connectivity index (χ3v) is 8.87. The quantitative estimate of drug-likeness (QED) is 0.560. The Balaban J connectivity index is 1.19. The zero-order chi connectivity index (χ0) is 23.7. The molecule has 8 nitrogen and oxygen atoms in total. The van der Waals surface area contributed by atoms with Crippen molar-refractivity contribution in [3.05, 3.63) is 59.9 Å². The minimum atomic E-state index is -3.49. The van der Waals surface area contributed by atoms with Crippen molar-refractivity contribution in [3.63, 3.8) is 0 Å². The normalized spacial score (nSPS) is 18.4. The predicted molar refractivity (Wildman–Crippen MR) is 131 cm³/mol. The standard InChI is InChI=1S/C25H31N5O3S/c1-27-23-8-4-3-7-22(23)26-24(27)19-28-15-17-29(18-16-28)25(31)20-9-11-21(12-10-20)34(32,33)30-13-5-2-6-14-30/h3-4,7-12H,2,5-6,13-19H2,1H3. The van der Waals surface area contributed by atoms with Gasteiger partial charge in [-0.15, -0.1) is 0 Å². The van der Waals surface area contributed by atoms with Crippen LogP contribution in [0.5, 0.6) is 0 Å². The van der Waals surface area contributed by atoms with E-state index in [0.717, 1.165) is 55.8 Å². The van der Waals surface area contributed by atoms with Crippen molar-refractivity contribution in [2.45, 2.75) is 30.7 Å². The average molecular weight is 482 g/mol. The molecule has 0 spiro atoms. The lowest BCUT2D eigenvalue weighted by Crippen LogP contribution is -2.48. The Kier molecular flexibility index (Phi) is 6.42. The lowest BCUT2D eigenvalue weighted by atomic mass is 10.2. The molecule has 2 aliphatic rings. The summed E-state index contributed by atoms with van der Waals surface area (Å²) in [7, 11) is -1.44. The number of aryl methyl sites for hydroxylation is 1. The fourth-order valence-electron chi connectivity index (χ4n) is 4.85. The number of amides is 1. The first-order valence-electron chi connectivity index (χ1n) is 12.0. The van der Waals surface area contributed by atoms with Gasteiger partial charge in [0.25, 0.3) is 5.91 Å². The number of carbonyl (C=O) groups excluding carboxylic acids is 1. The highest BCUT2D eigenvalue weighted by Crippen LogP contribution is 2.22. The first kappa shape index (κ1) is 23.0. The van der Waals surface area contributed by atoms with Gasteiger partial charge >= 0.3 is 0 Å². The predicted octanol–water partition coefficient (Wildman–Crippen LogP) is 2.71. The van der Waals surface area contributed by atoms with Crippen LogP contribution >= 0.6 is 0 Å². The molecule has 0 N–H and O–H groups in total. The monoisotopic (exact) mass is 481 g/mol. The smallest absolute Gasteiger partial charge is 0.253 e. The third-order valence-electron chi connectivity index (χ3n) is 6.96. The number of piperidine rings is 1. The minimum Gasteiger partial charge on any atom is -0.336 e. The van der Waals surface area contributed by atoms with Crippen molar-refractivity contribution in [2.24, 2.45) is 7.05 Å². The Morgan fingerprint density at radius 3 is 2.24 bits per heavy atom. The summed E-state index contributed by atoms with van der Waals surface area (Å²) >= 11 is 0. The number of fused-ring (bicyclic) bond motifs is 1. The summed E-state index contributed by atoms with van der Waals surface area (Å²) in [6.07, 6.45) is 2.88. The third kappa shape index (κ3) is 4.47. The van der Waals surface area contributed by atoms with Gasteiger partial charge in [-0.2, -0.15) is 4.31 Å². The van der Waals surface area contributed by atoms with E-state index in [9.17, 15) is 13.2 Å². The molecule has 0 radical (unpaired) electrons. The van der Waals surface area contributed by atoms with Crippen LogP contribution in [0.15, 0.2) is 53.4 Å². The van der Waals surface area contributed by atoms with E-state index in [1.165, 1.54) is 0 Å². The summed E-state index contributed by atoms with van der Waals surface area (Å²) in [5.41, 5.74) is 2.65. The maximum atomic E-state index is 13.0. The molecular formula is C25H31N5O3S. The van der Waals surface area contributed by atoms with Crippen molar-refractivity contribution in [1.29, 1.82) is 0 Å². The van der Waals surface area contributed by atoms with Gasteiger partial charge in [0.2, 0.25) is 10.0 Å². The molecule has 0 aliphatic carbocycles. The van der Waals surface area contributed by atoms with Crippen molar-refractivity contribution in [1.82, 2.24) is 23.7 Å². The van der Waals surface area contributed by atoms with Gasteiger partial charge in [-0.3, -0.25) is 9.69 Å². The van der Waals surface area contributed by atoms with E-state index in [0.29, 0.717) is 31.7 Å². The molecule has 0 bridgehead atoms. The van der Waals surface area contributed by atoms with Gasteiger partial charge < -0.3 is 9.47 Å². The Bertz CT molecular complexity index is 1270. The molecular weight excluding hydrogens is 450 g/mol. The highest BCUT2D eigenvalue weighted by Gasteiger charge is 2.27. The van der Waals surface area contributed by atoms with E-state index in [2.05, 4.69) is 15.5 Å². The van der Waals surface area contributed by atoms with Crippen LogP contribution in [-0.4, -0.2) is 77.2 Å². The van der Waals surface area contributed by atoms with Gasteiger partial charge in [0.1, 0.15) is 5.82 Å². The number of para-hydroxylation sites is 2. The summed E-state index contributed by atoms with van der Waals surface area (Å²) in [6, 6.07) is 14.5. The Labute approximate surface area is 200 Å². The number of nitrogens with zero attached hydrogens (tertiary/aromatic N) is 5. The zero-order valence-electron chi connectivity index (χ0n) is 19.6. The largest absolute Gasteiger partial charge is 0.336 e. The van der Waals surface area contributed by atoms with Crippen LogP contribution in [0.1, 0.15) is 35.4 Å². The van der Waals surface area contributed by atoms with Crippen LogP contribution in [0, 0.1) is 0 Å². The van der Waals surface area contributed by atoms with E-state index in [1.54, 1.807) is 28.6 Å². The molecule has 9 heteroatoms. The first-order chi connectivity index (χ1) is 16.4. The maximum absolute atomic E-state index is 13.0. The molecule has 0 saturated carbocycles. The number of imidazole rings is 1. The number of rotatable bonds is 5. The highest BCUT2D eigenvalue weighted by molar-refractivity contribution is 7.89. The molecule has 1 amide bonds. The van der Waals surface area contributed by atoms with Crippen molar-refractivity contribution in [2.75, 3.05) is 39.3 Å². The number of piperazine rings is 1. The number of benzene rings is 2. The zero-order valence-corrected chi connectivity index (χ0v) is 20.4. The summed E-state index contributed by atoms with van der Waals surface area (Å²) in [4.78, 5) is 22.2. The van der Waals surface area contributed by atoms with E-state index in [4.69, 9.17) is 4.98 Å². The van der Waals surface area contributed by atoms with E-state index >= 15 is 0 Å². The Morgan fingerprint density at radius 2 is 1.56 bits per heavy atom. The van der Waals surface area contributed by atoms with E-state index < -0.39 is 10.0 Å². The number of hydrogen-bond donors (Lipinski definition) is 0. The molecule has 3 heterocycles. The van der Waals surface area contributed by atoms with Crippen LogP contribution in [-0.2, 0) is 23.6 Å². The molecule has 2 aromatic carbocycles. The molecule has 180 valence electrons. The summed E-state index contributed by atoms with van der Waals surface area (Å²) in [5, 5.41) is 0. The van der Waals surface area contributed by atoms with Crippen LogP contribution in [0.3, 0.4) is 0 Å². The molecule has 3 aromatic rings. The fraction of sp³-hybridized carbons (Fsp3) is 0.440. The van der Waals surface area contributed by atoms with Crippen LogP contribution in [0.25, 0.3) is 11.0 Å². The van der Waals surface area contributed by atoms with Gasteiger partial charge in [0.15, 0.2) is 0 Å². The highest BCUT2D eigenvalue weighted by atomic mass is 32.2. The molecule has 2 fully saturated rings. The van der Waals surface area contributed by atoms with Crippen LogP contribution in [0.2, 0.25) is 0 Å². The Hall–Kier alpha value is -2.75. The lowest BCUT2D eigenvalue weighted by molar-refractivity contribution is 0.0624. The van der Waals surface area contributed by atoms with E-state index in [-0.39, 0.29) is 10.8 Å². The van der Waals surface area contributed by atoms with Crippen LogP contribution in [0.4, 0.5) is 0 Å². The number of aromatic nitrogens is 2. The molecule has 2 aliphatic heterocycles. The fourth-order valence-corrected chi connectivity index (χ4v) is 6.37. The topological polar surface area (TPSA) is 78.8 Å². The number of hydrogen-bond acceptors (Lipinski definition) is 5. The first-order valence-corrected chi connectivity index (χ1v) is 13.4. The second-order valence-electron chi connectivity index (χ2n) is 9.13. The molecule has 0 unspecified atom stereocenters. The van der Waals surface area contributed by atoms with E-state index in [1.807, 2.05) is 30.1 Å². The van der Waals surface area contributed by atoms with Crippen molar-refractivity contribution < 1.29 is 13.2 Å². The van der Waals surface area contributed by atoms with Crippen molar-refractivity contribution >= 4 is 27.0 Å². The van der Waals surface area contributed by atoms with Crippen LogP contribution < -0.4 is 0 Å². The molecule has 34 heavy (non-hydrogen) atoms. The van der Waals surface area contributed by atoms with Gasteiger partial charge in [-0.05, 0) is 49.2 Å². The second-order valence-corrected chi connectivity index (χ2v) is 11.1. The summed E-state index contributed by atoms with van der Waals surface area (Å²) in [5.74, 6) is 0.968. The van der Waals surface area contributed by atoms with Gasteiger partial charge in [-0.25, -0.2) is 13.4 Å². The Morgan fingerprint density at radius 1 is 0.882 bits per heavy atom. The van der Waals surface area contributed by atoms with Gasteiger partial charge in [-0.1, -0.05) is 18.6 Å². The molecule has 0 atom stereocenters. The number of carbonyl (C=O) groups is 1. The number of sulfonamides is 1. The summed E-state index contributed by atoms with van der Waals surface area (Å²) < 4.78 is 29.4. The maximum Gasteiger partial charge on any atom is 0.253 e. The molecule has 1 aromatic heterocycles. The lowest BCUT2D eigenvalue weighted by Gasteiger charge is -2.34. The van der Waals surface area contributed by atoms with Crippen molar-refractivity contribution in [3.8, 4) is 0 Å². The molecule has 2 saturated heterocycles. The summed E-state index contributed by atoms with van der Waals surface area (Å²) in [6.45, 7) is 4.71. The minimum absolute atomic E-state index is 0.0516. The van der Waals surface area contributed by atoms with Gasteiger partial charge in [0, 0.05) is 51.9 Å². The average Bonchev–Trinajstić information content (AvgIpc) is 3.20. The second kappa shape index (κ2) is 9.48. The van der Waals surface area contributed by atoms with Gasteiger partial charge in [0.05, 0.1) is 22.5 Å².